The lowest BCUT2D eigenvalue weighted by Gasteiger charge is -2.16. The number of sulfone groups is 1. The molecule has 1 aliphatic carbocycles. The van der Waals surface area contributed by atoms with Gasteiger partial charge in [0.1, 0.15) is 5.41 Å². The smallest absolute Gasteiger partial charge is 0.233 e. The largest absolute Gasteiger partial charge is 0.409 e. The van der Waals surface area contributed by atoms with E-state index in [1.165, 1.54) is 0 Å². The first-order valence-electron chi connectivity index (χ1n) is 5.90. The number of nitrogens with two attached hydrogens (primary N) is 1. The average Bonchev–Trinajstić information content (AvgIpc) is 3.06. The second-order valence-corrected chi connectivity index (χ2v) is 7.31. The summed E-state index contributed by atoms with van der Waals surface area (Å²) in [4.78, 5) is 11.9. The maximum atomic E-state index is 11.9. The van der Waals surface area contributed by atoms with Crippen LogP contribution in [-0.2, 0) is 14.6 Å². The third-order valence-corrected chi connectivity index (χ3v) is 6.01. The van der Waals surface area contributed by atoms with Gasteiger partial charge in [-0.1, -0.05) is 5.16 Å². The number of amidine groups is 1. The van der Waals surface area contributed by atoms with Gasteiger partial charge >= 0.3 is 0 Å². The summed E-state index contributed by atoms with van der Waals surface area (Å²) < 4.78 is 23.2. The Kier molecular flexibility index (Phi) is 3.22. The zero-order valence-corrected chi connectivity index (χ0v) is 10.7. The van der Waals surface area contributed by atoms with Crippen molar-refractivity contribution in [2.24, 2.45) is 16.3 Å². The first-order valence-corrected chi connectivity index (χ1v) is 7.62. The van der Waals surface area contributed by atoms with Gasteiger partial charge in [0.05, 0.1) is 11.0 Å². The van der Waals surface area contributed by atoms with Crippen LogP contribution < -0.4 is 11.1 Å². The zero-order chi connectivity index (χ0) is 13.4. The molecule has 8 heteroatoms. The second kappa shape index (κ2) is 4.42. The number of carbonyl (C=O) groups is 1. The van der Waals surface area contributed by atoms with E-state index in [1.807, 2.05) is 0 Å². The van der Waals surface area contributed by atoms with E-state index in [0.29, 0.717) is 25.7 Å². The van der Waals surface area contributed by atoms with Crippen LogP contribution in [0.4, 0.5) is 0 Å². The van der Waals surface area contributed by atoms with Gasteiger partial charge in [-0.2, -0.15) is 0 Å². The number of hydrogen-bond acceptors (Lipinski definition) is 5. The molecule has 0 aromatic carbocycles. The average molecular weight is 275 g/mol. The minimum absolute atomic E-state index is 0.103. The highest BCUT2D eigenvalue weighted by Gasteiger charge is 2.54. The van der Waals surface area contributed by atoms with Crippen molar-refractivity contribution < 1.29 is 18.4 Å². The fourth-order valence-corrected chi connectivity index (χ4v) is 4.05. The molecular weight excluding hydrogens is 258 g/mol. The maximum Gasteiger partial charge on any atom is 0.233 e. The molecular formula is C10H17N3O4S. The van der Waals surface area contributed by atoms with Crippen LogP contribution in [0, 0.1) is 5.41 Å². The van der Waals surface area contributed by atoms with Crippen LogP contribution >= 0.6 is 0 Å². The molecule has 1 saturated heterocycles. The number of oxime groups is 1. The predicted molar refractivity (Wildman–Crippen MR) is 64.9 cm³/mol. The summed E-state index contributed by atoms with van der Waals surface area (Å²) in [5.41, 5.74) is 4.55. The number of rotatable bonds is 4. The van der Waals surface area contributed by atoms with Crippen LogP contribution in [0.5, 0.6) is 0 Å². The fourth-order valence-electron chi connectivity index (χ4n) is 2.28. The molecule has 0 spiro atoms. The Labute approximate surface area is 105 Å². The zero-order valence-electron chi connectivity index (χ0n) is 9.92. The standard InChI is InChI=1S/C10H17N3O4S/c11-8(13-15)10(3-4-10)9(14)12-6-7-2-1-5-18(7,16)17/h7,15H,1-6H2,(H2,11,13)(H,12,14). The van der Waals surface area contributed by atoms with Gasteiger partial charge in [-0.15, -0.1) is 0 Å². The lowest BCUT2D eigenvalue weighted by molar-refractivity contribution is -0.124. The van der Waals surface area contributed by atoms with E-state index in [1.54, 1.807) is 0 Å². The molecule has 0 aromatic heterocycles. The highest BCUT2D eigenvalue weighted by Crippen LogP contribution is 2.46. The van der Waals surface area contributed by atoms with Gasteiger partial charge < -0.3 is 16.3 Å². The SMILES string of the molecule is NC(=NO)C1(C(=O)NCC2CCCS2(=O)=O)CC1. The molecule has 0 radical (unpaired) electrons. The van der Waals surface area contributed by atoms with E-state index in [0.717, 1.165) is 0 Å². The van der Waals surface area contributed by atoms with Crippen molar-refractivity contribution in [3.05, 3.63) is 0 Å². The molecule has 1 unspecified atom stereocenters. The molecule has 2 rings (SSSR count). The summed E-state index contributed by atoms with van der Waals surface area (Å²) in [7, 11) is -3.06. The fraction of sp³-hybridized carbons (Fsp3) is 0.800. The normalized spacial score (nSPS) is 28.9. The van der Waals surface area contributed by atoms with E-state index in [2.05, 4.69) is 10.5 Å². The summed E-state index contributed by atoms with van der Waals surface area (Å²) in [6.45, 7) is 0.113. The molecule has 1 aliphatic heterocycles. The predicted octanol–water partition coefficient (Wildman–Crippen LogP) is -0.794. The second-order valence-electron chi connectivity index (χ2n) is 4.91. The lowest BCUT2D eigenvalue weighted by atomic mass is 10.1. The van der Waals surface area contributed by atoms with Gasteiger partial charge in [0.2, 0.25) is 5.91 Å². The molecule has 0 aromatic rings. The van der Waals surface area contributed by atoms with Crippen LogP contribution in [0.15, 0.2) is 5.16 Å². The van der Waals surface area contributed by atoms with Crippen molar-refractivity contribution in [2.75, 3.05) is 12.3 Å². The van der Waals surface area contributed by atoms with E-state index in [4.69, 9.17) is 10.9 Å². The highest BCUT2D eigenvalue weighted by atomic mass is 32.2. The van der Waals surface area contributed by atoms with Gasteiger partial charge in [-0.25, -0.2) is 8.42 Å². The van der Waals surface area contributed by atoms with Crippen molar-refractivity contribution in [1.82, 2.24) is 5.32 Å². The van der Waals surface area contributed by atoms with E-state index in [-0.39, 0.29) is 24.0 Å². The van der Waals surface area contributed by atoms with Crippen LogP contribution in [0.1, 0.15) is 25.7 Å². The summed E-state index contributed by atoms with van der Waals surface area (Å²) in [5.74, 6) is -0.256. The summed E-state index contributed by atoms with van der Waals surface area (Å²) in [5, 5.41) is 13.6. The van der Waals surface area contributed by atoms with Gasteiger partial charge in [0.15, 0.2) is 15.7 Å². The van der Waals surface area contributed by atoms with Crippen LogP contribution in [-0.4, -0.2) is 42.9 Å². The summed E-state index contributed by atoms with van der Waals surface area (Å²) in [6.07, 6.45) is 2.30. The van der Waals surface area contributed by atoms with Crippen molar-refractivity contribution in [1.29, 1.82) is 0 Å². The van der Waals surface area contributed by atoms with Gasteiger partial charge in [0, 0.05) is 6.54 Å². The Morgan fingerprint density at radius 1 is 1.50 bits per heavy atom. The molecule has 2 fully saturated rings. The lowest BCUT2D eigenvalue weighted by Crippen LogP contribution is -2.44. The van der Waals surface area contributed by atoms with Crippen molar-refractivity contribution in [3.63, 3.8) is 0 Å². The topological polar surface area (TPSA) is 122 Å². The van der Waals surface area contributed by atoms with Crippen LogP contribution in [0.25, 0.3) is 0 Å². The number of hydrogen-bond donors (Lipinski definition) is 3. The minimum atomic E-state index is -3.06. The van der Waals surface area contributed by atoms with Gasteiger partial charge in [-0.3, -0.25) is 4.79 Å². The van der Waals surface area contributed by atoms with E-state index < -0.39 is 20.5 Å². The third kappa shape index (κ3) is 2.16. The van der Waals surface area contributed by atoms with Gasteiger partial charge in [0.25, 0.3) is 0 Å². The first kappa shape index (κ1) is 13.1. The summed E-state index contributed by atoms with van der Waals surface area (Å²) in [6, 6.07) is 0. The molecule has 1 atom stereocenters. The third-order valence-electron chi connectivity index (χ3n) is 3.74. The molecule has 1 amide bonds. The number of nitrogens with zero attached hydrogens (tertiary/aromatic N) is 1. The molecule has 18 heavy (non-hydrogen) atoms. The Morgan fingerprint density at radius 2 is 2.17 bits per heavy atom. The number of nitrogens with one attached hydrogen (secondary N) is 1. The molecule has 4 N–H and O–H groups in total. The maximum absolute atomic E-state index is 11.9. The molecule has 2 aliphatic rings. The molecule has 1 heterocycles. The highest BCUT2D eigenvalue weighted by molar-refractivity contribution is 7.92. The van der Waals surface area contributed by atoms with Crippen LogP contribution in [0.3, 0.4) is 0 Å². The van der Waals surface area contributed by atoms with Crippen molar-refractivity contribution in [2.45, 2.75) is 30.9 Å². The van der Waals surface area contributed by atoms with Gasteiger partial charge in [-0.05, 0) is 25.7 Å². The Balaban J connectivity index is 1.94. The Hall–Kier alpha value is -1.31. The van der Waals surface area contributed by atoms with E-state index >= 15 is 0 Å². The Bertz CT molecular complexity index is 481. The monoisotopic (exact) mass is 275 g/mol. The summed E-state index contributed by atoms with van der Waals surface area (Å²) >= 11 is 0. The number of amides is 1. The minimum Gasteiger partial charge on any atom is -0.409 e. The molecule has 102 valence electrons. The van der Waals surface area contributed by atoms with Crippen LogP contribution in [0.2, 0.25) is 0 Å². The van der Waals surface area contributed by atoms with Crippen molar-refractivity contribution in [3.8, 4) is 0 Å². The molecule has 1 saturated carbocycles. The Morgan fingerprint density at radius 3 is 2.61 bits per heavy atom. The van der Waals surface area contributed by atoms with E-state index in [9.17, 15) is 13.2 Å². The molecule has 7 nitrogen and oxygen atoms in total. The quantitative estimate of drug-likeness (QED) is 0.268. The van der Waals surface area contributed by atoms with Crippen molar-refractivity contribution >= 4 is 21.6 Å². The first-order chi connectivity index (χ1) is 8.42. The molecule has 0 bridgehead atoms. The number of carbonyl (C=O) groups excluding carboxylic acids is 1.